The summed E-state index contributed by atoms with van der Waals surface area (Å²) in [4.78, 5) is 83.0. The molecule has 1 aromatic carbocycles. The van der Waals surface area contributed by atoms with Crippen molar-refractivity contribution in [3.05, 3.63) is 80.9 Å². The Morgan fingerprint density at radius 3 is 1.61 bits per heavy atom. The zero-order valence-electron chi connectivity index (χ0n) is 28.3. The fraction of sp³-hybridized carbons (Fsp3) is 0.412. The Morgan fingerprint density at radius 1 is 0.608 bits per heavy atom. The highest BCUT2D eigenvalue weighted by Crippen LogP contribution is 2.34. The fourth-order valence-electron chi connectivity index (χ4n) is 5.19. The highest BCUT2D eigenvalue weighted by Gasteiger charge is 2.31. The number of esters is 6. The van der Waals surface area contributed by atoms with E-state index in [1.54, 1.807) is 24.3 Å². The van der Waals surface area contributed by atoms with E-state index in [9.17, 15) is 28.8 Å². The van der Waals surface area contributed by atoms with E-state index in [4.69, 9.17) is 28.4 Å². The second kappa shape index (κ2) is 19.6. The van der Waals surface area contributed by atoms with Gasteiger partial charge in [-0.1, -0.05) is 78.1 Å². The molecular weight excluding hydrogens is 868 g/mol. The van der Waals surface area contributed by atoms with Crippen molar-refractivity contribution in [3.63, 3.8) is 0 Å². The van der Waals surface area contributed by atoms with Crippen molar-refractivity contribution in [1.82, 2.24) is 9.97 Å². The molecule has 0 fully saturated rings. The Hall–Kier alpha value is -3.96. The molecule has 0 saturated carbocycles. The average Bonchev–Trinajstić information content (AvgIpc) is 3.63. The molecule has 2 N–H and O–H groups in total. The van der Waals surface area contributed by atoms with E-state index < -0.39 is 38.0 Å². The lowest BCUT2D eigenvalue weighted by Gasteiger charge is -2.12. The number of nitrogens with one attached hydrogen (secondary N) is 2. The van der Waals surface area contributed by atoms with Crippen LogP contribution in [0.25, 0.3) is 0 Å². The summed E-state index contributed by atoms with van der Waals surface area (Å²) in [6.45, 7) is -0.223. The van der Waals surface area contributed by atoms with E-state index in [2.05, 4.69) is 57.8 Å². The number of benzene rings is 1. The predicted molar refractivity (Wildman–Crippen MR) is 192 cm³/mol. The number of alkyl halides is 3. The van der Waals surface area contributed by atoms with Crippen molar-refractivity contribution in [3.8, 4) is 0 Å². The van der Waals surface area contributed by atoms with Crippen LogP contribution in [-0.2, 0) is 86.3 Å². The second-order valence-corrected chi connectivity index (χ2v) is 18.2. The molecule has 2 heterocycles. The molecule has 51 heavy (non-hydrogen) atoms. The molecule has 0 spiro atoms. The van der Waals surface area contributed by atoms with Gasteiger partial charge in [-0.25, -0.2) is 9.59 Å². The first-order valence-corrected chi connectivity index (χ1v) is 17.8. The van der Waals surface area contributed by atoms with Crippen molar-refractivity contribution in [2.45, 2.75) is 53.7 Å². The van der Waals surface area contributed by atoms with E-state index in [0.29, 0.717) is 28.1 Å². The summed E-state index contributed by atoms with van der Waals surface area (Å²) in [7, 11) is 4.88. The minimum atomic E-state index is -0.923. The Bertz CT molecular complexity index is 1730. The van der Waals surface area contributed by atoms with Crippen LogP contribution in [0.3, 0.4) is 0 Å². The molecule has 2 aromatic heterocycles. The van der Waals surface area contributed by atoms with Crippen LogP contribution in [0.2, 0.25) is 0 Å². The average molecular weight is 905 g/mol. The Kier molecular flexibility index (Phi) is 15.9. The van der Waals surface area contributed by atoms with Crippen LogP contribution in [0.15, 0.2) is 30.3 Å². The Morgan fingerprint density at radius 2 is 1.08 bits per heavy atom. The molecule has 0 bridgehead atoms. The molecule has 0 aliphatic carbocycles. The largest absolute Gasteiger partial charge is 0.469 e. The van der Waals surface area contributed by atoms with Crippen LogP contribution < -0.4 is 0 Å². The number of ether oxygens (including phenoxy) is 6. The van der Waals surface area contributed by atoms with Gasteiger partial charge in [-0.15, -0.1) is 0 Å². The zero-order valence-corrected chi connectivity index (χ0v) is 33.0. The van der Waals surface area contributed by atoms with Crippen molar-refractivity contribution in [1.29, 1.82) is 0 Å². The summed E-state index contributed by atoms with van der Waals surface area (Å²) in [6.07, 6.45) is -0.911. The number of carbonyl (C=O) groups is 6. The highest BCUT2D eigenvalue weighted by molar-refractivity contribution is 9.39. The third-order valence-corrected chi connectivity index (χ3v) is 8.35. The van der Waals surface area contributed by atoms with Gasteiger partial charge in [0.05, 0.1) is 41.3 Å². The topological polar surface area (TPSA) is 189 Å². The standard InChI is InChI=1S/C34H37Br3N2O12/c1-46-26(40)12-10-20-23(15-29(43)49-4)31(33(45)51-18-34(35,36)37)38-24(20)16-25-22(14-28(42)48-3)21(11-13-27(41)47-2)30(39-25)32(44)50-17-19-8-6-5-7-9-19/h5-9,38-39H,10-18H2,1-4H3. The van der Waals surface area contributed by atoms with E-state index in [-0.39, 0.29) is 75.1 Å². The van der Waals surface area contributed by atoms with E-state index in [1.165, 1.54) is 28.4 Å². The Labute approximate surface area is 319 Å². The monoisotopic (exact) mass is 902 g/mol. The van der Waals surface area contributed by atoms with Gasteiger partial charge >= 0.3 is 35.8 Å². The molecule has 0 aliphatic rings. The van der Waals surface area contributed by atoms with Gasteiger partial charge < -0.3 is 38.4 Å². The SMILES string of the molecule is COC(=O)CCc1c(Cc2[nH]c(C(=O)OCc3ccccc3)c(CCC(=O)OC)c2CC(=O)OC)[nH]c(C(=O)OCC(Br)(Br)Br)c1CC(=O)OC. The van der Waals surface area contributed by atoms with E-state index in [0.717, 1.165) is 5.56 Å². The van der Waals surface area contributed by atoms with Gasteiger partial charge in [0.1, 0.15) is 24.6 Å². The van der Waals surface area contributed by atoms with Crippen LogP contribution in [0.1, 0.15) is 73.0 Å². The molecule has 0 aliphatic heterocycles. The normalized spacial score (nSPS) is 11.0. The van der Waals surface area contributed by atoms with E-state index >= 15 is 0 Å². The van der Waals surface area contributed by atoms with Crippen LogP contribution in [0.4, 0.5) is 0 Å². The first kappa shape index (κ1) is 41.5. The summed E-state index contributed by atoms with van der Waals surface area (Å²) in [5.74, 6) is -3.94. The van der Waals surface area contributed by atoms with Crippen molar-refractivity contribution >= 4 is 83.6 Å². The molecule has 0 unspecified atom stereocenters. The molecule has 17 heteroatoms. The first-order chi connectivity index (χ1) is 24.2. The first-order valence-electron chi connectivity index (χ1n) is 15.4. The lowest BCUT2D eigenvalue weighted by molar-refractivity contribution is -0.141. The lowest BCUT2D eigenvalue weighted by Crippen LogP contribution is -2.18. The van der Waals surface area contributed by atoms with Gasteiger partial charge in [-0.2, -0.15) is 0 Å². The molecule has 3 rings (SSSR count). The maximum absolute atomic E-state index is 13.6. The summed E-state index contributed by atoms with van der Waals surface area (Å²) in [5, 5.41) is 0. The number of carbonyl (C=O) groups excluding carboxylic acids is 6. The summed E-state index contributed by atoms with van der Waals surface area (Å²) in [5.41, 5.74) is 2.71. The number of methoxy groups -OCH3 is 4. The molecule has 0 radical (unpaired) electrons. The molecule has 3 aromatic rings. The minimum absolute atomic E-state index is 0.00372. The number of hydrogen-bond acceptors (Lipinski definition) is 12. The van der Waals surface area contributed by atoms with Gasteiger partial charge in [0.2, 0.25) is 0 Å². The van der Waals surface area contributed by atoms with Crippen molar-refractivity contribution in [2.24, 2.45) is 0 Å². The fourth-order valence-corrected chi connectivity index (χ4v) is 5.53. The van der Waals surface area contributed by atoms with Crippen LogP contribution in [-0.4, -0.2) is 83.0 Å². The van der Waals surface area contributed by atoms with Crippen LogP contribution in [0, 0.1) is 0 Å². The highest BCUT2D eigenvalue weighted by atomic mass is 80.0. The maximum Gasteiger partial charge on any atom is 0.355 e. The second-order valence-electron chi connectivity index (χ2n) is 11.0. The molecule has 0 atom stereocenters. The maximum atomic E-state index is 13.6. The van der Waals surface area contributed by atoms with Crippen molar-refractivity contribution < 1.29 is 57.2 Å². The van der Waals surface area contributed by atoms with Gasteiger partial charge in [0.15, 0.2) is 2.14 Å². The van der Waals surface area contributed by atoms with Crippen molar-refractivity contribution in [2.75, 3.05) is 35.0 Å². The smallest absolute Gasteiger partial charge is 0.355 e. The third kappa shape index (κ3) is 12.3. The number of aromatic nitrogens is 2. The quantitative estimate of drug-likeness (QED) is 0.106. The number of halogens is 3. The predicted octanol–water partition coefficient (Wildman–Crippen LogP) is 4.93. The molecule has 0 amide bonds. The number of aromatic amines is 2. The number of hydrogen-bond donors (Lipinski definition) is 2. The number of rotatable bonds is 17. The van der Waals surface area contributed by atoms with Crippen LogP contribution in [0.5, 0.6) is 0 Å². The zero-order chi connectivity index (χ0) is 37.7. The third-order valence-electron chi connectivity index (χ3n) is 7.67. The molecule has 14 nitrogen and oxygen atoms in total. The van der Waals surface area contributed by atoms with Gasteiger partial charge in [-0.05, 0) is 40.7 Å². The lowest BCUT2D eigenvalue weighted by atomic mass is 9.96. The van der Waals surface area contributed by atoms with Gasteiger partial charge in [0.25, 0.3) is 0 Å². The molecule has 276 valence electrons. The minimum Gasteiger partial charge on any atom is -0.469 e. The van der Waals surface area contributed by atoms with Gasteiger partial charge in [0, 0.05) is 30.7 Å². The summed E-state index contributed by atoms with van der Waals surface area (Å²) < 4.78 is 29.7. The summed E-state index contributed by atoms with van der Waals surface area (Å²) >= 11 is 9.84. The van der Waals surface area contributed by atoms with Gasteiger partial charge in [-0.3, -0.25) is 19.2 Å². The van der Waals surface area contributed by atoms with E-state index in [1.807, 2.05) is 6.07 Å². The van der Waals surface area contributed by atoms with Crippen LogP contribution >= 0.6 is 47.8 Å². The number of H-pyrrole nitrogens is 2. The Balaban J connectivity index is 2.22. The molecule has 0 saturated heterocycles. The molecular formula is C34H37Br3N2O12. The summed E-state index contributed by atoms with van der Waals surface area (Å²) in [6, 6.07) is 9.01.